The Morgan fingerprint density at radius 1 is 1.12 bits per heavy atom. The van der Waals surface area contributed by atoms with Crippen LogP contribution in [0.2, 0.25) is 0 Å². The Bertz CT molecular complexity index is 848. The van der Waals surface area contributed by atoms with Gasteiger partial charge in [0.2, 0.25) is 0 Å². The van der Waals surface area contributed by atoms with Crippen LogP contribution >= 0.6 is 0 Å². The van der Waals surface area contributed by atoms with Gasteiger partial charge in [0.25, 0.3) is 0 Å². The number of carbonyl (C=O) groups excluding carboxylic acids is 2. The van der Waals surface area contributed by atoms with E-state index in [2.05, 4.69) is 39.0 Å². The third-order valence-corrected chi connectivity index (χ3v) is 5.53. The second-order valence-corrected chi connectivity index (χ2v) is 9.42. The fraction of sp³-hybridized carbons (Fsp3) is 0.500. The summed E-state index contributed by atoms with van der Waals surface area (Å²) in [5.41, 5.74) is 3.69. The van der Waals surface area contributed by atoms with Gasteiger partial charge in [-0.05, 0) is 71.3 Å². The summed E-state index contributed by atoms with van der Waals surface area (Å²) in [6.07, 6.45) is 17.2. The first kappa shape index (κ1) is 27.6. The maximum atomic E-state index is 12.9. The molecule has 0 aromatic carbocycles. The SMILES string of the molecule is C/C=C/C=C(C)/C=C/C=C(C)/C=C/C1=C(C)C(=O)C(OC(=O)CCCN(C)C)CC1(C)C. The molecule has 1 aliphatic rings. The number of allylic oxidation sites excluding steroid dienone is 11. The van der Waals surface area contributed by atoms with Gasteiger partial charge >= 0.3 is 5.97 Å². The molecule has 0 bridgehead atoms. The summed E-state index contributed by atoms with van der Waals surface area (Å²) in [5.74, 6) is -0.381. The Kier molecular flexibility index (Phi) is 11.3. The van der Waals surface area contributed by atoms with Crippen LogP contribution in [0.5, 0.6) is 0 Å². The van der Waals surface area contributed by atoms with Gasteiger partial charge in [-0.25, -0.2) is 0 Å². The summed E-state index contributed by atoms with van der Waals surface area (Å²) < 4.78 is 5.57. The van der Waals surface area contributed by atoms with E-state index in [-0.39, 0.29) is 17.2 Å². The minimum absolute atomic E-state index is 0.0868. The van der Waals surface area contributed by atoms with Gasteiger partial charge in [0.15, 0.2) is 11.9 Å². The molecule has 0 heterocycles. The van der Waals surface area contributed by atoms with Crippen LogP contribution in [0.3, 0.4) is 0 Å². The maximum Gasteiger partial charge on any atom is 0.306 e. The van der Waals surface area contributed by atoms with Gasteiger partial charge in [0.1, 0.15) is 0 Å². The van der Waals surface area contributed by atoms with Gasteiger partial charge in [-0.3, -0.25) is 9.59 Å². The van der Waals surface area contributed by atoms with Gasteiger partial charge < -0.3 is 9.64 Å². The van der Waals surface area contributed by atoms with Crippen LogP contribution in [0, 0.1) is 5.41 Å². The third-order valence-electron chi connectivity index (χ3n) is 5.53. The zero-order valence-electron chi connectivity index (χ0n) is 21.2. The van der Waals surface area contributed by atoms with E-state index in [1.165, 1.54) is 5.57 Å². The van der Waals surface area contributed by atoms with Crippen molar-refractivity contribution in [2.75, 3.05) is 20.6 Å². The molecule has 0 spiro atoms. The van der Waals surface area contributed by atoms with Crippen molar-refractivity contribution in [3.8, 4) is 0 Å². The van der Waals surface area contributed by atoms with Crippen molar-refractivity contribution in [2.24, 2.45) is 5.41 Å². The van der Waals surface area contributed by atoms with Crippen LogP contribution in [0.25, 0.3) is 0 Å². The first-order valence-electron chi connectivity index (χ1n) is 11.4. The molecule has 1 unspecified atom stereocenters. The summed E-state index contributed by atoms with van der Waals surface area (Å²) in [7, 11) is 3.94. The van der Waals surface area contributed by atoms with Gasteiger partial charge in [-0.15, -0.1) is 0 Å². The predicted molar refractivity (Wildman–Crippen MR) is 134 cm³/mol. The van der Waals surface area contributed by atoms with E-state index in [9.17, 15) is 9.59 Å². The molecule has 4 heteroatoms. The molecule has 0 aromatic heterocycles. The minimum atomic E-state index is -0.694. The molecule has 4 nitrogen and oxygen atoms in total. The standard InChI is InChI=1S/C28H41NO3/c1-9-10-13-21(2)14-11-15-22(3)17-18-24-23(4)27(31)25(20-28(24,5)6)32-26(30)16-12-19-29(7)8/h9-11,13-15,17-18,25H,12,16,19-20H2,1-8H3/b10-9+,14-11+,18-17+,21-13+,22-15+. The second-order valence-electron chi connectivity index (χ2n) is 9.42. The summed E-state index contributed by atoms with van der Waals surface area (Å²) in [6.45, 7) is 13.0. The highest BCUT2D eigenvalue weighted by Gasteiger charge is 2.39. The lowest BCUT2D eigenvalue weighted by atomic mass is 9.71. The molecule has 0 fully saturated rings. The van der Waals surface area contributed by atoms with E-state index in [1.54, 1.807) is 0 Å². The largest absolute Gasteiger partial charge is 0.454 e. The van der Waals surface area contributed by atoms with Crippen molar-refractivity contribution in [1.29, 1.82) is 0 Å². The van der Waals surface area contributed by atoms with E-state index in [0.717, 1.165) is 24.1 Å². The van der Waals surface area contributed by atoms with Gasteiger partial charge in [0, 0.05) is 12.8 Å². The highest BCUT2D eigenvalue weighted by atomic mass is 16.5. The molecule has 0 aromatic rings. The third kappa shape index (κ3) is 9.35. The van der Waals surface area contributed by atoms with Crippen molar-refractivity contribution in [1.82, 2.24) is 4.90 Å². The van der Waals surface area contributed by atoms with Crippen LogP contribution in [0.15, 0.2) is 70.9 Å². The van der Waals surface area contributed by atoms with Crippen molar-refractivity contribution >= 4 is 11.8 Å². The Morgan fingerprint density at radius 3 is 2.38 bits per heavy atom. The molecule has 0 saturated heterocycles. The van der Waals surface area contributed by atoms with E-state index < -0.39 is 6.10 Å². The van der Waals surface area contributed by atoms with Crippen molar-refractivity contribution < 1.29 is 14.3 Å². The number of ether oxygens (including phenoxy) is 1. The summed E-state index contributed by atoms with van der Waals surface area (Å²) in [4.78, 5) is 27.1. The zero-order valence-corrected chi connectivity index (χ0v) is 21.2. The lowest BCUT2D eigenvalue weighted by Crippen LogP contribution is -2.39. The lowest BCUT2D eigenvalue weighted by Gasteiger charge is -2.36. The smallest absolute Gasteiger partial charge is 0.306 e. The molecule has 0 aliphatic heterocycles. The Morgan fingerprint density at radius 2 is 1.75 bits per heavy atom. The normalized spacial score (nSPS) is 20.4. The number of carbonyl (C=O) groups is 2. The molecule has 0 N–H and O–H groups in total. The number of hydrogen-bond donors (Lipinski definition) is 0. The molecular weight excluding hydrogens is 398 g/mol. The molecule has 1 rings (SSSR count). The molecule has 176 valence electrons. The second kappa shape index (κ2) is 13.2. The van der Waals surface area contributed by atoms with Gasteiger partial charge in [-0.1, -0.05) is 73.6 Å². The molecule has 1 atom stereocenters. The molecule has 32 heavy (non-hydrogen) atoms. The average molecular weight is 440 g/mol. The van der Waals surface area contributed by atoms with Gasteiger partial charge in [0.05, 0.1) is 0 Å². The number of Topliss-reactive ketones (excluding diaryl/α,β-unsaturated/α-hetero) is 1. The van der Waals surface area contributed by atoms with E-state index in [1.807, 2.05) is 70.1 Å². The predicted octanol–water partition coefficient (Wildman–Crippen LogP) is 6.14. The van der Waals surface area contributed by atoms with Crippen LogP contribution < -0.4 is 0 Å². The molecule has 0 amide bonds. The fourth-order valence-electron chi connectivity index (χ4n) is 3.68. The van der Waals surface area contributed by atoms with Crippen LogP contribution in [0.4, 0.5) is 0 Å². The van der Waals surface area contributed by atoms with E-state index in [4.69, 9.17) is 4.74 Å². The average Bonchev–Trinajstić information content (AvgIpc) is 2.69. The first-order chi connectivity index (χ1) is 15.0. The fourth-order valence-corrected chi connectivity index (χ4v) is 3.68. The zero-order chi connectivity index (χ0) is 24.3. The topological polar surface area (TPSA) is 46.6 Å². The molecule has 0 radical (unpaired) electrons. The molecule has 0 saturated carbocycles. The van der Waals surface area contributed by atoms with Crippen molar-refractivity contribution in [2.45, 2.75) is 66.9 Å². The van der Waals surface area contributed by atoms with Gasteiger partial charge in [-0.2, -0.15) is 0 Å². The van der Waals surface area contributed by atoms with Crippen LogP contribution in [0.1, 0.15) is 60.8 Å². The van der Waals surface area contributed by atoms with E-state index in [0.29, 0.717) is 18.4 Å². The highest BCUT2D eigenvalue weighted by molar-refractivity contribution is 6.01. The Labute approximate surface area is 195 Å². The van der Waals surface area contributed by atoms with E-state index >= 15 is 0 Å². The summed E-state index contributed by atoms with van der Waals surface area (Å²) in [5, 5.41) is 0. The monoisotopic (exact) mass is 439 g/mol. The number of rotatable bonds is 10. The minimum Gasteiger partial charge on any atom is -0.454 e. The number of ketones is 1. The van der Waals surface area contributed by atoms with Crippen LogP contribution in [-0.4, -0.2) is 43.4 Å². The maximum absolute atomic E-state index is 12.9. The summed E-state index contributed by atoms with van der Waals surface area (Å²) in [6, 6.07) is 0. The molecular formula is C28H41NO3. The summed E-state index contributed by atoms with van der Waals surface area (Å²) >= 11 is 0. The lowest BCUT2D eigenvalue weighted by molar-refractivity contribution is -0.156. The van der Waals surface area contributed by atoms with Crippen molar-refractivity contribution in [3.63, 3.8) is 0 Å². The Hall–Kier alpha value is -2.46. The van der Waals surface area contributed by atoms with Crippen LogP contribution in [-0.2, 0) is 14.3 Å². The highest BCUT2D eigenvalue weighted by Crippen LogP contribution is 2.40. The first-order valence-corrected chi connectivity index (χ1v) is 11.4. The number of nitrogens with zero attached hydrogens (tertiary/aromatic N) is 1. The van der Waals surface area contributed by atoms with Crippen molar-refractivity contribution in [3.05, 3.63) is 70.9 Å². The molecule has 1 aliphatic carbocycles. The Balaban J connectivity index is 2.89. The number of hydrogen-bond acceptors (Lipinski definition) is 4. The number of esters is 1. The quantitative estimate of drug-likeness (QED) is 0.303.